The highest BCUT2D eigenvalue weighted by Gasteiger charge is 2.24. The SMILES string of the molecule is COc1cccc(NC(=S)N(Cc2cccs2)C2CCCCC2)c1. The predicted octanol–water partition coefficient (Wildman–Crippen LogP) is 5.29. The van der Waals surface area contributed by atoms with Crippen molar-refractivity contribution in [3.63, 3.8) is 0 Å². The van der Waals surface area contributed by atoms with Gasteiger partial charge in [-0.2, -0.15) is 0 Å². The Labute approximate surface area is 153 Å². The Morgan fingerprint density at radius 2 is 2.08 bits per heavy atom. The molecule has 0 saturated heterocycles. The van der Waals surface area contributed by atoms with Crippen LogP contribution in [0.2, 0.25) is 0 Å². The Balaban J connectivity index is 1.74. The molecule has 1 saturated carbocycles. The summed E-state index contributed by atoms with van der Waals surface area (Å²) in [6.45, 7) is 0.887. The molecule has 24 heavy (non-hydrogen) atoms. The van der Waals surface area contributed by atoms with Gasteiger partial charge in [0, 0.05) is 22.7 Å². The number of methoxy groups -OCH3 is 1. The first-order valence-corrected chi connectivity index (χ1v) is 9.79. The molecule has 3 nitrogen and oxygen atoms in total. The first-order chi connectivity index (χ1) is 11.8. The van der Waals surface area contributed by atoms with Gasteiger partial charge in [0.25, 0.3) is 0 Å². The monoisotopic (exact) mass is 360 g/mol. The Morgan fingerprint density at radius 3 is 2.79 bits per heavy atom. The summed E-state index contributed by atoms with van der Waals surface area (Å²) in [4.78, 5) is 3.73. The van der Waals surface area contributed by atoms with E-state index in [-0.39, 0.29) is 0 Å². The number of ether oxygens (including phenoxy) is 1. The third kappa shape index (κ3) is 4.48. The van der Waals surface area contributed by atoms with E-state index >= 15 is 0 Å². The maximum Gasteiger partial charge on any atom is 0.174 e. The molecule has 0 aliphatic heterocycles. The summed E-state index contributed by atoms with van der Waals surface area (Å²) in [7, 11) is 1.68. The average molecular weight is 361 g/mol. The molecule has 1 aliphatic rings. The highest BCUT2D eigenvalue weighted by molar-refractivity contribution is 7.80. The quantitative estimate of drug-likeness (QED) is 0.732. The molecule has 5 heteroatoms. The Kier molecular flexibility index (Phi) is 6.10. The van der Waals surface area contributed by atoms with Crippen LogP contribution in [-0.2, 0) is 6.54 Å². The highest BCUT2D eigenvalue weighted by Crippen LogP contribution is 2.26. The van der Waals surface area contributed by atoms with Crippen LogP contribution in [0.4, 0.5) is 5.69 Å². The number of nitrogens with one attached hydrogen (secondary N) is 1. The number of thiocarbonyl (C=S) groups is 1. The minimum atomic E-state index is 0.534. The van der Waals surface area contributed by atoms with Crippen LogP contribution in [0.1, 0.15) is 37.0 Å². The van der Waals surface area contributed by atoms with E-state index in [0.29, 0.717) is 6.04 Å². The summed E-state index contributed by atoms with van der Waals surface area (Å²) in [6.07, 6.45) is 6.40. The minimum Gasteiger partial charge on any atom is -0.497 e. The fourth-order valence-corrected chi connectivity index (χ4v) is 4.26. The lowest BCUT2D eigenvalue weighted by Crippen LogP contribution is -2.43. The molecule has 128 valence electrons. The fraction of sp³-hybridized carbons (Fsp3) is 0.421. The van der Waals surface area contributed by atoms with Crippen LogP contribution in [0.15, 0.2) is 41.8 Å². The van der Waals surface area contributed by atoms with Crippen molar-refractivity contribution in [2.45, 2.75) is 44.7 Å². The van der Waals surface area contributed by atoms with Gasteiger partial charge in [-0.3, -0.25) is 0 Å². The van der Waals surface area contributed by atoms with E-state index < -0.39 is 0 Å². The van der Waals surface area contributed by atoms with Gasteiger partial charge in [0.05, 0.1) is 13.7 Å². The van der Waals surface area contributed by atoms with E-state index in [4.69, 9.17) is 17.0 Å². The third-order valence-corrected chi connectivity index (χ3v) is 5.70. The lowest BCUT2D eigenvalue weighted by molar-refractivity contribution is 0.242. The van der Waals surface area contributed by atoms with Gasteiger partial charge in [-0.15, -0.1) is 11.3 Å². The van der Waals surface area contributed by atoms with Crippen molar-refractivity contribution in [1.82, 2.24) is 4.90 Å². The molecule has 1 N–H and O–H groups in total. The summed E-state index contributed by atoms with van der Waals surface area (Å²) in [5.74, 6) is 0.838. The second-order valence-corrected chi connectivity index (χ2v) is 7.58. The topological polar surface area (TPSA) is 24.5 Å². The van der Waals surface area contributed by atoms with Crippen LogP contribution in [0.3, 0.4) is 0 Å². The first kappa shape index (κ1) is 17.2. The number of hydrogen-bond donors (Lipinski definition) is 1. The van der Waals surface area contributed by atoms with Crippen molar-refractivity contribution in [3.05, 3.63) is 46.7 Å². The van der Waals surface area contributed by atoms with Crippen molar-refractivity contribution in [2.75, 3.05) is 12.4 Å². The Bertz CT molecular complexity index is 651. The number of thiophene rings is 1. The molecular weight excluding hydrogens is 336 g/mol. The van der Waals surface area contributed by atoms with Gasteiger partial charge in [-0.1, -0.05) is 31.4 Å². The highest BCUT2D eigenvalue weighted by atomic mass is 32.1. The maximum absolute atomic E-state index is 5.77. The molecular formula is C19H24N2OS2. The molecule has 0 amide bonds. The average Bonchev–Trinajstić information content (AvgIpc) is 3.14. The standard InChI is InChI=1S/C19H24N2OS2/c1-22-17-10-5-7-15(13-17)20-19(23)21(14-18-11-6-12-24-18)16-8-3-2-4-9-16/h5-7,10-13,16H,2-4,8-9,14H2,1H3,(H,20,23). The second kappa shape index (κ2) is 8.49. The van der Waals surface area contributed by atoms with Gasteiger partial charge in [0.1, 0.15) is 5.75 Å². The van der Waals surface area contributed by atoms with Gasteiger partial charge in [0.2, 0.25) is 0 Å². The van der Waals surface area contributed by atoms with Crippen LogP contribution >= 0.6 is 23.6 Å². The van der Waals surface area contributed by atoms with Crippen molar-refractivity contribution >= 4 is 34.4 Å². The number of anilines is 1. The summed E-state index contributed by atoms with van der Waals surface area (Å²) in [5, 5.41) is 6.35. The predicted molar refractivity (Wildman–Crippen MR) is 106 cm³/mol. The van der Waals surface area contributed by atoms with Crippen LogP contribution in [0.5, 0.6) is 5.75 Å². The normalized spacial score (nSPS) is 15.0. The van der Waals surface area contributed by atoms with Gasteiger partial charge in [-0.05, 0) is 48.6 Å². The second-order valence-electron chi connectivity index (χ2n) is 6.16. The number of rotatable bonds is 5. The fourth-order valence-electron chi connectivity index (χ4n) is 3.23. The van der Waals surface area contributed by atoms with Gasteiger partial charge >= 0.3 is 0 Å². The zero-order valence-electron chi connectivity index (χ0n) is 14.0. The van der Waals surface area contributed by atoms with E-state index in [0.717, 1.165) is 23.1 Å². The van der Waals surface area contributed by atoms with Crippen molar-refractivity contribution in [3.8, 4) is 5.75 Å². The summed E-state index contributed by atoms with van der Waals surface area (Å²) >= 11 is 7.57. The molecule has 0 bridgehead atoms. The van der Waals surface area contributed by atoms with Gasteiger partial charge in [-0.25, -0.2) is 0 Å². The van der Waals surface area contributed by atoms with Crippen molar-refractivity contribution < 1.29 is 4.74 Å². The summed E-state index contributed by atoms with van der Waals surface area (Å²) in [5.41, 5.74) is 0.978. The molecule has 1 aliphatic carbocycles. The van der Waals surface area contributed by atoms with Gasteiger partial charge < -0.3 is 15.0 Å². The Morgan fingerprint density at radius 1 is 1.25 bits per heavy atom. The van der Waals surface area contributed by atoms with Crippen molar-refractivity contribution in [2.24, 2.45) is 0 Å². The van der Waals surface area contributed by atoms with E-state index in [1.165, 1.54) is 37.0 Å². The molecule has 3 rings (SSSR count). The molecule has 1 heterocycles. The van der Waals surface area contributed by atoms with Gasteiger partial charge in [0.15, 0.2) is 5.11 Å². The number of nitrogens with zero attached hydrogens (tertiary/aromatic N) is 1. The van der Waals surface area contributed by atoms with Crippen LogP contribution < -0.4 is 10.1 Å². The molecule has 2 aromatic rings. The maximum atomic E-state index is 5.77. The molecule has 1 fully saturated rings. The van der Waals surface area contributed by atoms with E-state index in [1.54, 1.807) is 18.4 Å². The largest absolute Gasteiger partial charge is 0.497 e. The van der Waals surface area contributed by atoms with E-state index in [2.05, 4.69) is 27.7 Å². The molecule has 1 aromatic carbocycles. The Hall–Kier alpha value is -1.59. The smallest absolute Gasteiger partial charge is 0.174 e. The zero-order chi connectivity index (χ0) is 16.8. The van der Waals surface area contributed by atoms with E-state index in [1.807, 2.05) is 24.3 Å². The minimum absolute atomic E-state index is 0.534. The lowest BCUT2D eigenvalue weighted by atomic mass is 9.94. The number of benzene rings is 1. The van der Waals surface area contributed by atoms with E-state index in [9.17, 15) is 0 Å². The third-order valence-electron chi connectivity index (χ3n) is 4.50. The van der Waals surface area contributed by atoms with Crippen LogP contribution in [0, 0.1) is 0 Å². The molecule has 0 unspecified atom stereocenters. The summed E-state index contributed by atoms with van der Waals surface area (Å²) in [6, 6.07) is 12.8. The lowest BCUT2D eigenvalue weighted by Gasteiger charge is -2.36. The molecule has 0 radical (unpaired) electrons. The molecule has 1 aromatic heterocycles. The first-order valence-electron chi connectivity index (χ1n) is 8.50. The summed E-state index contributed by atoms with van der Waals surface area (Å²) < 4.78 is 5.30. The van der Waals surface area contributed by atoms with Crippen molar-refractivity contribution in [1.29, 1.82) is 0 Å². The zero-order valence-corrected chi connectivity index (χ0v) is 15.7. The number of hydrogen-bond acceptors (Lipinski definition) is 3. The molecule has 0 spiro atoms. The van der Waals surface area contributed by atoms with Crippen LogP contribution in [0.25, 0.3) is 0 Å². The van der Waals surface area contributed by atoms with Crippen LogP contribution in [-0.4, -0.2) is 23.2 Å². The molecule has 0 atom stereocenters.